The van der Waals surface area contributed by atoms with Crippen molar-refractivity contribution in [1.82, 2.24) is 24.8 Å². The molecule has 1 fully saturated rings. The predicted octanol–water partition coefficient (Wildman–Crippen LogP) is 4.14. The molecular weight excluding hydrogens is 434 g/mol. The van der Waals surface area contributed by atoms with E-state index in [1.54, 1.807) is 24.5 Å². The molecule has 1 aliphatic heterocycles. The number of thiocarbonyl (C=S) groups is 1. The highest BCUT2D eigenvalue weighted by Crippen LogP contribution is 2.40. The first-order chi connectivity index (χ1) is 16.1. The molecule has 1 saturated heterocycles. The van der Waals surface area contributed by atoms with Crippen molar-refractivity contribution in [1.29, 1.82) is 0 Å². The molecule has 7 nitrogen and oxygen atoms in total. The molecule has 0 unspecified atom stereocenters. The minimum absolute atomic E-state index is 0.137. The van der Waals surface area contributed by atoms with Gasteiger partial charge in [0.2, 0.25) is 0 Å². The van der Waals surface area contributed by atoms with Gasteiger partial charge in [0.05, 0.1) is 23.3 Å². The number of carbonyl (C=O) groups is 1. The molecule has 2 atom stereocenters. The number of carboxylic acids is 1. The largest absolute Gasteiger partial charge is 0.478 e. The van der Waals surface area contributed by atoms with Gasteiger partial charge in [0.25, 0.3) is 0 Å². The van der Waals surface area contributed by atoms with Gasteiger partial charge in [-0.15, -0.1) is 0 Å². The number of benzene rings is 1. The third kappa shape index (κ3) is 4.08. The van der Waals surface area contributed by atoms with Gasteiger partial charge in [0, 0.05) is 42.7 Å². The Morgan fingerprint density at radius 3 is 2.58 bits per heavy atom. The van der Waals surface area contributed by atoms with E-state index >= 15 is 0 Å². The number of nitrogens with one attached hydrogen (secondary N) is 1. The number of hydrogen-bond acceptors (Lipinski definition) is 4. The highest BCUT2D eigenvalue weighted by Gasteiger charge is 2.41. The summed E-state index contributed by atoms with van der Waals surface area (Å²) in [5.74, 6) is -0.947. The standard InChI is InChI=1S/C25H21N5O2S/c31-24(32)18-8-10-19(11-9-18)29-14-4-7-21(29)23-22(20-6-1-2-13-27-20)28-25(33)30(23)16-17-5-3-12-26-15-17/h1-15,22-23H,16H2,(H,28,33)(H,31,32)/t22-,23+/m1/s1. The van der Waals surface area contributed by atoms with Crippen molar-refractivity contribution in [2.45, 2.75) is 18.6 Å². The molecule has 2 N–H and O–H groups in total. The quantitative estimate of drug-likeness (QED) is 0.423. The fraction of sp³-hybridized carbons (Fsp3) is 0.120. The first-order valence-electron chi connectivity index (χ1n) is 10.5. The van der Waals surface area contributed by atoms with Crippen molar-refractivity contribution >= 4 is 23.3 Å². The highest BCUT2D eigenvalue weighted by atomic mass is 32.1. The third-order valence-corrected chi connectivity index (χ3v) is 6.10. The third-order valence-electron chi connectivity index (χ3n) is 5.75. The molecule has 0 aliphatic carbocycles. The molecular formula is C25H21N5O2S. The fourth-order valence-electron chi connectivity index (χ4n) is 4.22. The molecule has 0 saturated carbocycles. The van der Waals surface area contributed by atoms with E-state index in [1.807, 2.05) is 60.9 Å². The molecule has 0 amide bonds. The van der Waals surface area contributed by atoms with Gasteiger partial charge in [-0.3, -0.25) is 9.97 Å². The summed E-state index contributed by atoms with van der Waals surface area (Å²) in [6, 6.07) is 20.4. The van der Waals surface area contributed by atoms with Crippen molar-refractivity contribution in [3.8, 4) is 5.69 Å². The van der Waals surface area contributed by atoms with Gasteiger partial charge >= 0.3 is 5.97 Å². The smallest absolute Gasteiger partial charge is 0.335 e. The second-order valence-corrected chi connectivity index (χ2v) is 8.16. The summed E-state index contributed by atoms with van der Waals surface area (Å²) in [5, 5.41) is 13.4. The predicted molar refractivity (Wildman–Crippen MR) is 128 cm³/mol. The van der Waals surface area contributed by atoms with E-state index in [2.05, 4.69) is 30.8 Å². The zero-order valence-electron chi connectivity index (χ0n) is 17.6. The zero-order valence-corrected chi connectivity index (χ0v) is 18.4. The van der Waals surface area contributed by atoms with E-state index in [1.165, 1.54) is 0 Å². The van der Waals surface area contributed by atoms with Crippen molar-refractivity contribution in [2.24, 2.45) is 0 Å². The molecule has 4 heterocycles. The van der Waals surface area contributed by atoms with Gasteiger partial charge in [-0.2, -0.15) is 0 Å². The summed E-state index contributed by atoms with van der Waals surface area (Å²) < 4.78 is 2.07. The van der Waals surface area contributed by atoms with E-state index in [0.29, 0.717) is 11.7 Å². The molecule has 3 aromatic heterocycles. The SMILES string of the molecule is O=C(O)c1ccc(-n2cccc2[C@H]2[C@@H](c3ccccn3)NC(=S)N2Cc2cccnc2)cc1. The fourth-order valence-corrected chi connectivity index (χ4v) is 4.53. The van der Waals surface area contributed by atoms with E-state index in [0.717, 1.165) is 22.6 Å². The van der Waals surface area contributed by atoms with E-state index in [9.17, 15) is 9.90 Å². The maximum absolute atomic E-state index is 11.3. The molecule has 5 rings (SSSR count). The number of nitrogens with zero attached hydrogens (tertiary/aromatic N) is 4. The van der Waals surface area contributed by atoms with Crippen LogP contribution in [0.2, 0.25) is 0 Å². The lowest BCUT2D eigenvalue weighted by Gasteiger charge is -2.29. The first kappa shape index (κ1) is 20.8. The van der Waals surface area contributed by atoms with Gasteiger partial charge in [-0.05, 0) is 72.4 Å². The summed E-state index contributed by atoms with van der Waals surface area (Å²) in [5.41, 5.74) is 4.09. The zero-order chi connectivity index (χ0) is 22.8. The maximum Gasteiger partial charge on any atom is 0.335 e. The molecule has 4 aromatic rings. The van der Waals surface area contributed by atoms with E-state index < -0.39 is 5.97 Å². The average Bonchev–Trinajstić information content (AvgIpc) is 3.45. The van der Waals surface area contributed by atoms with Crippen molar-refractivity contribution in [3.05, 3.63) is 114 Å². The van der Waals surface area contributed by atoms with Crippen LogP contribution in [-0.4, -0.2) is 35.6 Å². The van der Waals surface area contributed by atoms with Crippen molar-refractivity contribution < 1.29 is 9.90 Å². The Morgan fingerprint density at radius 2 is 1.88 bits per heavy atom. The lowest BCUT2D eigenvalue weighted by molar-refractivity contribution is 0.0697. The van der Waals surface area contributed by atoms with Crippen LogP contribution in [0.25, 0.3) is 5.69 Å². The number of aromatic carboxylic acids is 1. The number of hydrogen-bond donors (Lipinski definition) is 2. The van der Waals surface area contributed by atoms with Crippen LogP contribution < -0.4 is 5.32 Å². The molecule has 0 bridgehead atoms. The van der Waals surface area contributed by atoms with Gasteiger partial charge in [-0.25, -0.2) is 4.79 Å². The van der Waals surface area contributed by atoms with Crippen molar-refractivity contribution in [2.75, 3.05) is 0 Å². The minimum Gasteiger partial charge on any atom is -0.478 e. The maximum atomic E-state index is 11.3. The summed E-state index contributed by atoms with van der Waals surface area (Å²) in [7, 11) is 0. The molecule has 33 heavy (non-hydrogen) atoms. The van der Waals surface area contributed by atoms with Crippen LogP contribution in [0.4, 0.5) is 0 Å². The molecule has 0 spiro atoms. The number of rotatable bonds is 6. The molecule has 1 aromatic carbocycles. The van der Waals surface area contributed by atoms with Crippen LogP contribution in [0.15, 0.2) is 91.5 Å². The van der Waals surface area contributed by atoms with Gasteiger partial charge in [0.15, 0.2) is 5.11 Å². The molecule has 164 valence electrons. The monoisotopic (exact) mass is 455 g/mol. The molecule has 0 radical (unpaired) electrons. The second kappa shape index (κ2) is 8.84. The summed E-state index contributed by atoms with van der Waals surface area (Å²) in [6.45, 7) is 0.594. The Balaban J connectivity index is 1.58. The van der Waals surface area contributed by atoms with Crippen LogP contribution in [0, 0.1) is 0 Å². The molecule has 1 aliphatic rings. The van der Waals surface area contributed by atoms with Crippen LogP contribution in [0.1, 0.15) is 39.4 Å². The first-order valence-corrected chi connectivity index (χ1v) is 10.9. The summed E-state index contributed by atoms with van der Waals surface area (Å²) in [4.78, 5) is 22.3. The van der Waals surface area contributed by atoms with Crippen LogP contribution >= 0.6 is 12.2 Å². The Bertz CT molecular complexity index is 1280. The Labute approximate surface area is 196 Å². The van der Waals surface area contributed by atoms with Gasteiger partial charge in [-0.1, -0.05) is 12.1 Å². The Kier molecular flexibility index (Phi) is 5.58. The van der Waals surface area contributed by atoms with Crippen LogP contribution in [0.3, 0.4) is 0 Å². The number of carboxylic acid groups (broad SMARTS) is 1. The Hall–Kier alpha value is -4.04. The lowest BCUT2D eigenvalue weighted by atomic mass is 10.0. The minimum atomic E-state index is -0.947. The van der Waals surface area contributed by atoms with Crippen molar-refractivity contribution in [3.63, 3.8) is 0 Å². The topological polar surface area (TPSA) is 83.3 Å². The number of pyridine rings is 2. The van der Waals surface area contributed by atoms with Gasteiger partial charge < -0.3 is 19.9 Å². The lowest BCUT2D eigenvalue weighted by Crippen LogP contribution is -2.30. The average molecular weight is 456 g/mol. The number of aromatic nitrogens is 3. The Morgan fingerprint density at radius 1 is 1.03 bits per heavy atom. The van der Waals surface area contributed by atoms with Gasteiger partial charge in [0.1, 0.15) is 0 Å². The summed E-state index contributed by atoms with van der Waals surface area (Å²) >= 11 is 5.77. The van der Waals surface area contributed by atoms with E-state index in [4.69, 9.17) is 12.2 Å². The van der Waals surface area contributed by atoms with Crippen LogP contribution in [-0.2, 0) is 6.54 Å². The normalized spacial score (nSPS) is 17.7. The summed E-state index contributed by atoms with van der Waals surface area (Å²) in [6.07, 6.45) is 7.36. The van der Waals surface area contributed by atoms with E-state index in [-0.39, 0.29) is 17.6 Å². The second-order valence-electron chi connectivity index (χ2n) is 7.77. The van der Waals surface area contributed by atoms with Crippen LogP contribution in [0.5, 0.6) is 0 Å². The highest BCUT2D eigenvalue weighted by molar-refractivity contribution is 7.80. The molecule has 8 heteroatoms.